The van der Waals surface area contributed by atoms with Crippen molar-refractivity contribution >= 4 is 0 Å². The molecule has 20 heavy (non-hydrogen) atoms. The van der Waals surface area contributed by atoms with E-state index in [0.29, 0.717) is 0 Å². The summed E-state index contributed by atoms with van der Waals surface area (Å²) in [6, 6.07) is 0.747. The number of rotatable bonds is 6. The van der Waals surface area contributed by atoms with Gasteiger partial charge >= 0.3 is 0 Å². The van der Waals surface area contributed by atoms with Crippen molar-refractivity contribution in [3.05, 3.63) is 0 Å². The predicted octanol–water partition coefficient (Wildman–Crippen LogP) is 2.90. The van der Waals surface area contributed by atoms with Gasteiger partial charge in [0.25, 0.3) is 0 Å². The van der Waals surface area contributed by atoms with Crippen LogP contribution in [0.4, 0.5) is 0 Å². The van der Waals surface area contributed by atoms with E-state index < -0.39 is 0 Å². The van der Waals surface area contributed by atoms with Gasteiger partial charge in [0.15, 0.2) is 0 Å². The van der Waals surface area contributed by atoms with Crippen LogP contribution in [0.25, 0.3) is 0 Å². The van der Waals surface area contributed by atoms with Crippen molar-refractivity contribution in [2.24, 2.45) is 11.8 Å². The highest BCUT2D eigenvalue weighted by atomic mass is 16.5. The van der Waals surface area contributed by atoms with E-state index >= 15 is 0 Å². The summed E-state index contributed by atoms with van der Waals surface area (Å²) in [6.07, 6.45) is 8.23. The summed E-state index contributed by atoms with van der Waals surface area (Å²) in [5.74, 6) is 1.82. The first kappa shape index (κ1) is 16.3. The van der Waals surface area contributed by atoms with Crippen molar-refractivity contribution in [2.75, 3.05) is 39.4 Å². The van der Waals surface area contributed by atoms with Gasteiger partial charge in [-0.15, -0.1) is 0 Å². The smallest absolute Gasteiger partial charge is 0.0593 e. The third kappa shape index (κ3) is 5.01. The second-order valence-corrected chi connectivity index (χ2v) is 6.66. The molecule has 1 aliphatic heterocycles. The van der Waals surface area contributed by atoms with Crippen LogP contribution in [-0.2, 0) is 4.74 Å². The molecule has 3 unspecified atom stereocenters. The van der Waals surface area contributed by atoms with Gasteiger partial charge < -0.3 is 15.0 Å². The fourth-order valence-corrected chi connectivity index (χ4v) is 4.08. The number of nitrogens with one attached hydrogen (secondary N) is 1. The minimum absolute atomic E-state index is 0.747. The molecule has 0 bridgehead atoms. The molecule has 1 saturated carbocycles. The molecule has 1 N–H and O–H groups in total. The second kappa shape index (κ2) is 9.01. The first-order chi connectivity index (χ1) is 9.83. The van der Waals surface area contributed by atoms with Crippen LogP contribution in [0.5, 0.6) is 0 Å². The molecule has 118 valence electrons. The van der Waals surface area contributed by atoms with Crippen LogP contribution in [0, 0.1) is 11.8 Å². The molecule has 0 aromatic carbocycles. The quantitative estimate of drug-likeness (QED) is 0.811. The molecular formula is C17H34N2O. The van der Waals surface area contributed by atoms with E-state index in [4.69, 9.17) is 4.74 Å². The molecule has 0 aromatic rings. The van der Waals surface area contributed by atoms with Gasteiger partial charge in [-0.1, -0.05) is 26.7 Å². The van der Waals surface area contributed by atoms with E-state index in [1.54, 1.807) is 0 Å². The average Bonchev–Trinajstić information content (AvgIpc) is 2.71. The molecule has 2 fully saturated rings. The molecule has 2 aliphatic rings. The van der Waals surface area contributed by atoms with Crippen molar-refractivity contribution in [1.29, 1.82) is 0 Å². The Morgan fingerprint density at radius 1 is 1.15 bits per heavy atom. The Hall–Kier alpha value is -0.120. The van der Waals surface area contributed by atoms with Gasteiger partial charge in [-0.2, -0.15) is 0 Å². The van der Waals surface area contributed by atoms with E-state index in [1.165, 1.54) is 51.6 Å². The predicted molar refractivity (Wildman–Crippen MR) is 85.1 cm³/mol. The Labute approximate surface area is 125 Å². The standard InChI is InChI=1S/C17H34N2O/c1-3-6-15-7-8-17(18-4-2)16(13-15)14-19-9-5-11-20-12-10-19/h15-18H,3-14H2,1-2H3. The Morgan fingerprint density at radius 3 is 2.85 bits per heavy atom. The van der Waals surface area contributed by atoms with Gasteiger partial charge in [0.05, 0.1) is 6.61 Å². The molecule has 0 amide bonds. The fourth-order valence-electron chi connectivity index (χ4n) is 4.08. The Balaban J connectivity index is 1.87. The van der Waals surface area contributed by atoms with Crippen LogP contribution in [-0.4, -0.2) is 50.3 Å². The molecule has 3 atom stereocenters. The first-order valence-corrected chi connectivity index (χ1v) is 8.87. The van der Waals surface area contributed by atoms with E-state index in [2.05, 4.69) is 24.1 Å². The lowest BCUT2D eigenvalue weighted by Gasteiger charge is -2.39. The molecule has 1 heterocycles. The van der Waals surface area contributed by atoms with E-state index in [0.717, 1.165) is 44.2 Å². The number of nitrogens with zero attached hydrogens (tertiary/aromatic N) is 1. The van der Waals surface area contributed by atoms with E-state index in [9.17, 15) is 0 Å². The number of hydrogen-bond acceptors (Lipinski definition) is 3. The zero-order valence-electron chi connectivity index (χ0n) is 13.6. The van der Waals surface area contributed by atoms with Crippen LogP contribution in [0.15, 0.2) is 0 Å². The third-order valence-electron chi connectivity index (χ3n) is 5.06. The van der Waals surface area contributed by atoms with Crippen LogP contribution < -0.4 is 5.32 Å². The number of hydrogen-bond donors (Lipinski definition) is 1. The fraction of sp³-hybridized carbons (Fsp3) is 1.00. The van der Waals surface area contributed by atoms with E-state index in [1.807, 2.05) is 0 Å². The van der Waals surface area contributed by atoms with Crippen LogP contribution in [0.3, 0.4) is 0 Å². The van der Waals surface area contributed by atoms with E-state index in [-0.39, 0.29) is 0 Å². The highest BCUT2D eigenvalue weighted by molar-refractivity contribution is 4.86. The lowest BCUT2D eigenvalue weighted by molar-refractivity contribution is 0.119. The van der Waals surface area contributed by atoms with Gasteiger partial charge in [0.1, 0.15) is 0 Å². The topological polar surface area (TPSA) is 24.5 Å². The Bertz CT molecular complexity index is 251. The molecule has 0 aromatic heterocycles. The minimum atomic E-state index is 0.747. The number of ether oxygens (including phenoxy) is 1. The Kier molecular flexibility index (Phi) is 7.32. The average molecular weight is 282 g/mol. The minimum Gasteiger partial charge on any atom is -0.380 e. The van der Waals surface area contributed by atoms with Crippen LogP contribution >= 0.6 is 0 Å². The summed E-state index contributed by atoms with van der Waals surface area (Å²) in [7, 11) is 0. The van der Waals surface area contributed by atoms with Crippen LogP contribution in [0.2, 0.25) is 0 Å². The molecule has 0 radical (unpaired) electrons. The Morgan fingerprint density at radius 2 is 2.05 bits per heavy atom. The van der Waals surface area contributed by atoms with Crippen molar-refractivity contribution in [3.63, 3.8) is 0 Å². The molecular weight excluding hydrogens is 248 g/mol. The van der Waals surface area contributed by atoms with Crippen molar-refractivity contribution < 1.29 is 4.74 Å². The maximum Gasteiger partial charge on any atom is 0.0593 e. The van der Waals surface area contributed by atoms with Gasteiger partial charge in [-0.25, -0.2) is 0 Å². The summed E-state index contributed by atoms with van der Waals surface area (Å²) in [6.45, 7) is 11.2. The SMILES string of the molecule is CCCC1CCC(NCC)C(CN2CCCOCC2)C1. The summed E-state index contributed by atoms with van der Waals surface area (Å²) < 4.78 is 5.59. The molecule has 1 saturated heterocycles. The maximum atomic E-state index is 5.59. The normalized spacial score (nSPS) is 33.0. The molecule has 2 rings (SSSR count). The maximum absolute atomic E-state index is 5.59. The highest BCUT2D eigenvalue weighted by Crippen LogP contribution is 2.33. The van der Waals surface area contributed by atoms with Gasteiger partial charge in [0.2, 0.25) is 0 Å². The molecule has 0 spiro atoms. The third-order valence-corrected chi connectivity index (χ3v) is 5.06. The molecule has 3 heteroatoms. The lowest BCUT2D eigenvalue weighted by Crippen LogP contribution is -2.46. The zero-order valence-corrected chi connectivity index (χ0v) is 13.6. The first-order valence-electron chi connectivity index (χ1n) is 8.87. The van der Waals surface area contributed by atoms with Crippen molar-refractivity contribution in [3.8, 4) is 0 Å². The largest absolute Gasteiger partial charge is 0.380 e. The van der Waals surface area contributed by atoms with Gasteiger partial charge in [-0.3, -0.25) is 0 Å². The van der Waals surface area contributed by atoms with Gasteiger partial charge in [-0.05, 0) is 44.1 Å². The van der Waals surface area contributed by atoms with Crippen LogP contribution in [0.1, 0.15) is 52.4 Å². The second-order valence-electron chi connectivity index (χ2n) is 6.66. The van der Waals surface area contributed by atoms with Crippen molar-refractivity contribution in [2.45, 2.75) is 58.4 Å². The highest BCUT2D eigenvalue weighted by Gasteiger charge is 2.30. The van der Waals surface area contributed by atoms with Gasteiger partial charge in [0, 0.05) is 32.3 Å². The summed E-state index contributed by atoms with van der Waals surface area (Å²) >= 11 is 0. The molecule has 1 aliphatic carbocycles. The lowest BCUT2D eigenvalue weighted by atomic mass is 9.76. The zero-order chi connectivity index (χ0) is 14.2. The monoisotopic (exact) mass is 282 g/mol. The summed E-state index contributed by atoms with van der Waals surface area (Å²) in [4.78, 5) is 2.65. The summed E-state index contributed by atoms with van der Waals surface area (Å²) in [5.41, 5.74) is 0. The summed E-state index contributed by atoms with van der Waals surface area (Å²) in [5, 5.41) is 3.74. The molecule has 3 nitrogen and oxygen atoms in total. The van der Waals surface area contributed by atoms with Crippen molar-refractivity contribution in [1.82, 2.24) is 10.2 Å².